The molecule has 0 unspecified atom stereocenters. The van der Waals surface area contributed by atoms with Crippen LogP contribution >= 0.6 is 23.2 Å². The maximum absolute atomic E-state index is 11.8. The summed E-state index contributed by atoms with van der Waals surface area (Å²) >= 11 is 12.0. The lowest BCUT2D eigenvalue weighted by molar-refractivity contribution is -0.146. The van der Waals surface area contributed by atoms with E-state index >= 15 is 0 Å². The molecule has 1 amide bonds. The number of benzene rings is 1. The molecule has 0 radical (unpaired) electrons. The molecule has 1 saturated heterocycles. The molecule has 0 spiro atoms. The van der Waals surface area contributed by atoms with Crippen molar-refractivity contribution >= 4 is 35.2 Å². The van der Waals surface area contributed by atoms with E-state index in [1.165, 1.54) is 6.08 Å². The number of rotatable bonds is 2. The van der Waals surface area contributed by atoms with Gasteiger partial charge >= 0.3 is 0 Å². The van der Waals surface area contributed by atoms with E-state index in [2.05, 4.69) is 0 Å². The van der Waals surface area contributed by atoms with Crippen LogP contribution in [-0.4, -0.2) is 34.6 Å². The van der Waals surface area contributed by atoms with Gasteiger partial charge in [-0.1, -0.05) is 29.3 Å². The predicted octanol–water partition coefficient (Wildman–Crippen LogP) is 2.60. The van der Waals surface area contributed by atoms with Crippen molar-refractivity contribution in [1.82, 2.24) is 4.90 Å². The van der Waals surface area contributed by atoms with Crippen molar-refractivity contribution in [1.29, 1.82) is 0 Å². The molecule has 1 N–H and O–H groups in total. The van der Waals surface area contributed by atoms with Crippen molar-refractivity contribution in [2.75, 3.05) is 13.1 Å². The molecular formula is C13H13Cl2NO2. The summed E-state index contributed by atoms with van der Waals surface area (Å²) in [5.41, 5.74) is -0.132. The van der Waals surface area contributed by atoms with Gasteiger partial charge in [-0.3, -0.25) is 4.79 Å². The van der Waals surface area contributed by atoms with Gasteiger partial charge < -0.3 is 10.0 Å². The third-order valence-corrected chi connectivity index (χ3v) is 3.43. The summed E-state index contributed by atoms with van der Waals surface area (Å²) in [6.07, 6.45) is 3.02. The number of halogens is 2. The lowest BCUT2D eigenvalue weighted by atomic mass is 9.97. The molecule has 0 atom stereocenters. The van der Waals surface area contributed by atoms with Crippen molar-refractivity contribution < 1.29 is 9.90 Å². The van der Waals surface area contributed by atoms with Crippen LogP contribution in [0.1, 0.15) is 12.5 Å². The fraction of sp³-hybridized carbons (Fsp3) is 0.308. The minimum Gasteiger partial charge on any atom is -0.386 e. The monoisotopic (exact) mass is 285 g/mol. The van der Waals surface area contributed by atoms with Gasteiger partial charge in [0.2, 0.25) is 5.91 Å². The van der Waals surface area contributed by atoms with Crippen LogP contribution in [0.4, 0.5) is 0 Å². The van der Waals surface area contributed by atoms with E-state index in [1.807, 2.05) is 0 Å². The standard InChI is InChI=1S/C13H13Cl2NO2/c1-13(18)7-16(8-13)12(17)6-5-9-10(14)3-2-4-11(9)15/h2-6,18H,7-8H2,1H3. The Labute approximate surface area is 116 Å². The second-order valence-corrected chi connectivity index (χ2v) is 5.47. The molecule has 1 aromatic rings. The third-order valence-electron chi connectivity index (χ3n) is 2.77. The fourth-order valence-corrected chi connectivity index (χ4v) is 2.39. The molecule has 0 aromatic heterocycles. The first-order valence-electron chi connectivity index (χ1n) is 5.52. The average Bonchev–Trinajstić information content (AvgIpc) is 2.24. The Morgan fingerprint density at radius 1 is 1.39 bits per heavy atom. The lowest BCUT2D eigenvalue weighted by Gasteiger charge is -2.43. The third kappa shape index (κ3) is 2.86. The van der Waals surface area contributed by atoms with Crippen molar-refractivity contribution in [2.24, 2.45) is 0 Å². The van der Waals surface area contributed by atoms with E-state index in [0.717, 1.165) is 0 Å². The topological polar surface area (TPSA) is 40.5 Å². The smallest absolute Gasteiger partial charge is 0.246 e. The number of hydrogen-bond donors (Lipinski definition) is 1. The molecule has 18 heavy (non-hydrogen) atoms. The van der Waals surface area contributed by atoms with Gasteiger partial charge in [-0.15, -0.1) is 0 Å². The molecule has 0 bridgehead atoms. The van der Waals surface area contributed by atoms with Crippen LogP contribution in [0.25, 0.3) is 6.08 Å². The van der Waals surface area contributed by atoms with E-state index in [1.54, 1.807) is 36.1 Å². The first kappa shape index (κ1) is 13.4. The Kier molecular flexibility index (Phi) is 3.66. The van der Waals surface area contributed by atoms with Crippen molar-refractivity contribution in [3.63, 3.8) is 0 Å². The van der Waals surface area contributed by atoms with Crippen LogP contribution in [0.2, 0.25) is 10.0 Å². The van der Waals surface area contributed by atoms with E-state index in [-0.39, 0.29) is 5.91 Å². The number of carbonyl (C=O) groups is 1. The summed E-state index contributed by atoms with van der Waals surface area (Å²) in [6, 6.07) is 5.18. The quantitative estimate of drug-likeness (QED) is 0.849. The number of β-amino-alcohol motifs (C(OH)–C–C–N with tert-alkyl or cyclic N) is 1. The summed E-state index contributed by atoms with van der Waals surface area (Å²) in [7, 11) is 0. The van der Waals surface area contributed by atoms with Gasteiger partial charge in [0, 0.05) is 21.7 Å². The summed E-state index contributed by atoms with van der Waals surface area (Å²) in [6.45, 7) is 2.41. The highest BCUT2D eigenvalue weighted by Crippen LogP contribution is 2.26. The number of hydrogen-bond acceptors (Lipinski definition) is 2. The van der Waals surface area contributed by atoms with E-state index < -0.39 is 5.60 Å². The number of carbonyl (C=O) groups excluding carboxylic acids is 1. The van der Waals surface area contributed by atoms with E-state index in [4.69, 9.17) is 23.2 Å². The van der Waals surface area contributed by atoms with Gasteiger partial charge in [0.25, 0.3) is 0 Å². The minimum atomic E-state index is -0.758. The summed E-state index contributed by atoms with van der Waals surface area (Å²) in [5.74, 6) is -0.155. The van der Waals surface area contributed by atoms with Gasteiger partial charge in [-0.2, -0.15) is 0 Å². The summed E-state index contributed by atoms with van der Waals surface area (Å²) in [5, 5.41) is 10.5. The highest BCUT2D eigenvalue weighted by molar-refractivity contribution is 6.37. The second-order valence-electron chi connectivity index (χ2n) is 4.66. The van der Waals surface area contributed by atoms with Crippen LogP contribution in [0.5, 0.6) is 0 Å². The minimum absolute atomic E-state index is 0.155. The first-order chi connectivity index (χ1) is 8.39. The number of nitrogens with zero attached hydrogens (tertiary/aromatic N) is 1. The molecule has 2 rings (SSSR count). The van der Waals surface area contributed by atoms with Crippen LogP contribution in [0, 0.1) is 0 Å². The molecule has 1 fully saturated rings. The van der Waals surface area contributed by atoms with Gasteiger partial charge in [0.15, 0.2) is 0 Å². The number of aliphatic hydroxyl groups is 1. The molecule has 1 aliphatic heterocycles. The zero-order valence-corrected chi connectivity index (χ0v) is 11.4. The van der Waals surface area contributed by atoms with Crippen molar-refractivity contribution in [3.05, 3.63) is 39.9 Å². The van der Waals surface area contributed by atoms with Crippen LogP contribution in [0.3, 0.4) is 0 Å². The molecule has 0 aliphatic carbocycles. The summed E-state index contributed by atoms with van der Waals surface area (Å²) < 4.78 is 0. The molecule has 96 valence electrons. The predicted molar refractivity (Wildman–Crippen MR) is 72.7 cm³/mol. The largest absolute Gasteiger partial charge is 0.386 e. The Balaban J connectivity index is 2.06. The van der Waals surface area contributed by atoms with Crippen molar-refractivity contribution in [3.8, 4) is 0 Å². The Morgan fingerprint density at radius 3 is 2.44 bits per heavy atom. The fourth-order valence-electron chi connectivity index (χ4n) is 1.86. The van der Waals surface area contributed by atoms with Crippen LogP contribution < -0.4 is 0 Å². The molecule has 1 heterocycles. The number of likely N-dealkylation sites (tertiary alicyclic amines) is 1. The van der Waals surface area contributed by atoms with Crippen molar-refractivity contribution in [2.45, 2.75) is 12.5 Å². The van der Waals surface area contributed by atoms with Crippen LogP contribution in [-0.2, 0) is 4.79 Å². The highest BCUT2D eigenvalue weighted by Gasteiger charge is 2.38. The van der Waals surface area contributed by atoms with Gasteiger partial charge in [0.1, 0.15) is 0 Å². The lowest BCUT2D eigenvalue weighted by Crippen LogP contribution is -2.61. The normalized spacial score (nSPS) is 17.9. The molecule has 1 aromatic carbocycles. The van der Waals surface area contributed by atoms with Gasteiger partial charge in [-0.05, 0) is 25.1 Å². The molecule has 0 saturated carbocycles. The first-order valence-corrected chi connectivity index (χ1v) is 6.28. The summed E-state index contributed by atoms with van der Waals surface area (Å²) in [4.78, 5) is 13.3. The Morgan fingerprint density at radius 2 is 1.94 bits per heavy atom. The number of amides is 1. The maximum atomic E-state index is 11.8. The second kappa shape index (κ2) is 4.92. The molecule has 3 nitrogen and oxygen atoms in total. The van der Waals surface area contributed by atoms with E-state index in [9.17, 15) is 9.90 Å². The Bertz CT molecular complexity index is 483. The molecule has 1 aliphatic rings. The molecule has 5 heteroatoms. The Hall–Kier alpha value is -1.03. The van der Waals surface area contributed by atoms with Crippen LogP contribution in [0.15, 0.2) is 24.3 Å². The zero-order chi connectivity index (χ0) is 13.3. The van der Waals surface area contributed by atoms with E-state index in [0.29, 0.717) is 28.7 Å². The molecular weight excluding hydrogens is 273 g/mol. The SMILES string of the molecule is CC1(O)CN(C(=O)C=Cc2c(Cl)cccc2Cl)C1. The highest BCUT2D eigenvalue weighted by atomic mass is 35.5. The maximum Gasteiger partial charge on any atom is 0.246 e. The average molecular weight is 286 g/mol. The zero-order valence-electron chi connectivity index (χ0n) is 9.86. The van der Waals surface area contributed by atoms with Gasteiger partial charge in [0.05, 0.1) is 18.7 Å². The van der Waals surface area contributed by atoms with Gasteiger partial charge in [-0.25, -0.2) is 0 Å².